The third kappa shape index (κ3) is 2.57. The Hall–Kier alpha value is -2.43. The van der Waals surface area contributed by atoms with Gasteiger partial charge in [-0.3, -0.25) is 0 Å². The summed E-state index contributed by atoms with van der Waals surface area (Å²) in [7, 11) is 0. The zero-order valence-electron chi connectivity index (χ0n) is 9.26. The smallest absolute Gasteiger partial charge is 0.241 e. The number of nitrogens with two attached hydrogens (primary N) is 3. The van der Waals surface area contributed by atoms with E-state index in [1.54, 1.807) is 0 Å². The van der Waals surface area contributed by atoms with Gasteiger partial charge < -0.3 is 21.9 Å². The van der Waals surface area contributed by atoms with Gasteiger partial charge in [-0.1, -0.05) is 30.3 Å². The average molecular weight is 230 g/mol. The maximum atomic E-state index is 5.75. The number of nitrogens with zero attached hydrogens (tertiary/aromatic N) is 1. The quantitative estimate of drug-likeness (QED) is 0.740. The van der Waals surface area contributed by atoms with Crippen LogP contribution in [0.5, 0.6) is 5.88 Å². The van der Waals surface area contributed by atoms with Crippen LogP contribution < -0.4 is 21.9 Å². The van der Waals surface area contributed by atoms with Gasteiger partial charge in [0.05, 0.1) is 5.69 Å². The van der Waals surface area contributed by atoms with Crippen LogP contribution in [-0.2, 0) is 6.61 Å². The predicted molar refractivity (Wildman–Crippen MR) is 68.2 cm³/mol. The lowest BCUT2D eigenvalue weighted by atomic mass is 10.2. The number of benzene rings is 1. The monoisotopic (exact) mass is 230 g/mol. The molecule has 0 radical (unpaired) electrons. The molecular weight excluding hydrogens is 216 g/mol. The van der Waals surface area contributed by atoms with Crippen molar-refractivity contribution in [2.24, 2.45) is 0 Å². The largest absolute Gasteiger partial charge is 0.471 e. The second-order valence-corrected chi connectivity index (χ2v) is 3.63. The summed E-state index contributed by atoms with van der Waals surface area (Å²) in [6.45, 7) is 0.376. The van der Waals surface area contributed by atoms with Crippen molar-refractivity contribution in [2.75, 3.05) is 17.2 Å². The van der Waals surface area contributed by atoms with E-state index in [2.05, 4.69) is 4.98 Å². The fraction of sp³-hybridized carbons (Fsp3) is 0.0833. The minimum Gasteiger partial charge on any atom is -0.471 e. The molecule has 0 saturated heterocycles. The van der Waals surface area contributed by atoms with E-state index in [0.717, 1.165) is 5.56 Å². The van der Waals surface area contributed by atoms with Crippen LogP contribution in [0.3, 0.4) is 0 Å². The molecular formula is C12H14N4O. The molecule has 0 aliphatic heterocycles. The molecule has 2 aromatic rings. The molecule has 0 amide bonds. The van der Waals surface area contributed by atoms with E-state index in [4.69, 9.17) is 21.9 Å². The third-order valence-electron chi connectivity index (χ3n) is 2.29. The number of anilines is 3. The highest BCUT2D eigenvalue weighted by Crippen LogP contribution is 2.27. The van der Waals surface area contributed by atoms with Crippen LogP contribution in [0.4, 0.5) is 17.2 Å². The average Bonchev–Trinajstić information content (AvgIpc) is 2.33. The summed E-state index contributed by atoms with van der Waals surface area (Å²) in [6, 6.07) is 11.2. The lowest BCUT2D eigenvalue weighted by molar-refractivity contribution is 0.296. The standard InChI is InChI=1S/C12H14N4O/c13-9-6-10(14)16-12(11(9)15)17-7-8-4-2-1-3-5-8/h1-6H,7,15H2,(H4,13,14,16). The van der Waals surface area contributed by atoms with Crippen molar-refractivity contribution in [1.82, 2.24) is 4.98 Å². The Bertz CT molecular complexity index is 513. The molecule has 0 spiro atoms. The molecule has 0 saturated carbocycles. The maximum Gasteiger partial charge on any atom is 0.241 e. The van der Waals surface area contributed by atoms with Crippen molar-refractivity contribution in [2.45, 2.75) is 6.61 Å². The molecule has 1 aromatic heterocycles. The Balaban J connectivity index is 2.14. The molecule has 0 unspecified atom stereocenters. The van der Waals surface area contributed by atoms with Crippen molar-refractivity contribution < 1.29 is 4.74 Å². The summed E-state index contributed by atoms with van der Waals surface area (Å²) in [5.41, 5.74) is 18.7. The molecule has 17 heavy (non-hydrogen) atoms. The van der Waals surface area contributed by atoms with Crippen molar-refractivity contribution in [1.29, 1.82) is 0 Å². The van der Waals surface area contributed by atoms with Crippen molar-refractivity contribution in [3.8, 4) is 5.88 Å². The molecule has 5 heteroatoms. The number of hydrogen-bond acceptors (Lipinski definition) is 5. The number of ether oxygens (including phenoxy) is 1. The zero-order chi connectivity index (χ0) is 12.3. The Morgan fingerprint density at radius 2 is 1.76 bits per heavy atom. The molecule has 2 rings (SSSR count). The normalized spacial score (nSPS) is 10.1. The zero-order valence-corrected chi connectivity index (χ0v) is 9.26. The van der Waals surface area contributed by atoms with Gasteiger partial charge in [-0.15, -0.1) is 0 Å². The molecule has 6 N–H and O–H groups in total. The Kier molecular flexibility index (Phi) is 3.00. The van der Waals surface area contributed by atoms with Gasteiger partial charge in [-0.2, -0.15) is 4.98 Å². The summed E-state index contributed by atoms with van der Waals surface area (Å²) in [6.07, 6.45) is 0. The molecule has 5 nitrogen and oxygen atoms in total. The number of pyridine rings is 1. The predicted octanol–water partition coefficient (Wildman–Crippen LogP) is 1.41. The summed E-state index contributed by atoms with van der Waals surface area (Å²) in [5.74, 6) is 0.561. The number of rotatable bonds is 3. The van der Waals surface area contributed by atoms with Gasteiger partial charge in [0.25, 0.3) is 0 Å². The van der Waals surface area contributed by atoms with E-state index >= 15 is 0 Å². The second kappa shape index (κ2) is 4.61. The van der Waals surface area contributed by atoms with Gasteiger partial charge in [-0.05, 0) is 5.56 Å². The first-order chi connectivity index (χ1) is 8.16. The van der Waals surface area contributed by atoms with Crippen LogP contribution in [0.15, 0.2) is 36.4 Å². The van der Waals surface area contributed by atoms with E-state index in [0.29, 0.717) is 23.8 Å². The molecule has 1 aromatic carbocycles. The summed E-state index contributed by atoms with van der Waals surface area (Å²) in [5, 5.41) is 0. The molecule has 0 atom stereocenters. The van der Waals surface area contributed by atoms with Crippen LogP contribution >= 0.6 is 0 Å². The fourth-order valence-corrected chi connectivity index (χ4v) is 1.41. The first kappa shape index (κ1) is 11.1. The van der Waals surface area contributed by atoms with Crippen LogP contribution in [0, 0.1) is 0 Å². The first-order valence-corrected chi connectivity index (χ1v) is 5.15. The van der Waals surface area contributed by atoms with Gasteiger partial charge >= 0.3 is 0 Å². The van der Waals surface area contributed by atoms with Crippen LogP contribution in [0.25, 0.3) is 0 Å². The van der Waals surface area contributed by atoms with Crippen molar-refractivity contribution >= 4 is 17.2 Å². The van der Waals surface area contributed by atoms with Crippen LogP contribution in [-0.4, -0.2) is 4.98 Å². The van der Waals surface area contributed by atoms with Gasteiger partial charge in [0.1, 0.15) is 18.1 Å². The van der Waals surface area contributed by atoms with Gasteiger partial charge in [0.2, 0.25) is 5.88 Å². The molecule has 88 valence electrons. The minimum absolute atomic E-state index is 0.270. The van der Waals surface area contributed by atoms with E-state index in [9.17, 15) is 0 Å². The van der Waals surface area contributed by atoms with E-state index in [1.165, 1.54) is 6.07 Å². The number of hydrogen-bond donors (Lipinski definition) is 3. The van der Waals surface area contributed by atoms with Crippen LogP contribution in [0.2, 0.25) is 0 Å². The molecule has 0 aliphatic carbocycles. The highest BCUT2D eigenvalue weighted by molar-refractivity contribution is 5.71. The number of nitrogen functional groups attached to an aromatic ring is 3. The SMILES string of the molecule is Nc1cc(N)c(N)c(OCc2ccccc2)n1. The minimum atomic E-state index is 0.270. The molecule has 0 fully saturated rings. The maximum absolute atomic E-state index is 5.75. The van der Waals surface area contributed by atoms with Crippen molar-refractivity contribution in [3.63, 3.8) is 0 Å². The second-order valence-electron chi connectivity index (χ2n) is 3.63. The van der Waals surface area contributed by atoms with Crippen LogP contribution in [0.1, 0.15) is 5.56 Å². The lowest BCUT2D eigenvalue weighted by Crippen LogP contribution is -2.05. The van der Waals surface area contributed by atoms with E-state index in [1.807, 2.05) is 30.3 Å². The third-order valence-corrected chi connectivity index (χ3v) is 2.29. The molecule has 1 heterocycles. The summed E-state index contributed by atoms with van der Waals surface area (Å²) < 4.78 is 5.49. The lowest BCUT2D eigenvalue weighted by Gasteiger charge is -2.10. The molecule has 0 aliphatic rings. The topological polar surface area (TPSA) is 100 Å². The first-order valence-electron chi connectivity index (χ1n) is 5.15. The highest BCUT2D eigenvalue weighted by Gasteiger charge is 2.07. The van der Waals surface area contributed by atoms with E-state index in [-0.39, 0.29) is 5.88 Å². The fourth-order valence-electron chi connectivity index (χ4n) is 1.41. The van der Waals surface area contributed by atoms with Crippen molar-refractivity contribution in [3.05, 3.63) is 42.0 Å². The summed E-state index contributed by atoms with van der Waals surface area (Å²) in [4.78, 5) is 4.00. The highest BCUT2D eigenvalue weighted by atomic mass is 16.5. The Labute approximate surface area is 99.2 Å². The molecule has 0 bridgehead atoms. The number of aromatic nitrogens is 1. The van der Waals surface area contributed by atoms with E-state index < -0.39 is 0 Å². The van der Waals surface area contributed by atoms with Gasteiger partial charge in [0, 0.05) is 6.07 Å². The Morgan fingerprint density at radius 3 is 2.47 bits per heavy atom. The van der Waals surface area contributed by atoms with Gasteiger partial charge in [0.15, 0.2) is 0 Å². The Morgan fingerprint density at radius 1 is 1.06 bits per heavy atom. The van der Waals surface area contributed by atoms with Gasteiger partial charge in [-0.25, -0.2) is 0 Å². The summed E-state index contributed by atoms with van der Waals surface area (Å²) >= 11 is 0.